The van der Waals surface area contributed by atoms with Gasteiger partial charge in [0.05, 0.1) is 18.4 Å². The molecule has 0 radical (unpaired) electrons. The van der Waals surface area contributed by atoms with Crippen LogP contribution in [0.25, 0.3) is 0 Å². The molecule has 6 nitrogen and oxygen atoms in total. The Morgan fingerprint density at radius 3 is 2.83 bits per heavy atom. The van der Waals surface area contributed by atoms with E-state index in [1.54, 1.807) is 18.6 Å². The van der Waals surface area contributed by atoms with Gasteiger partial charge in [-0.3, -0.25) is 14.9 Å². The maximum absolute atomic E-state index is 10.3. The van der Waals surface area contributed by atoms with Crippen molar-refractivity contribution in [3.8, 4) is 5.88 Å². The monoisotopic (exact) mass is 314 g/mol. The predicted octanol–water partition coefficient (Wildman–Crippen LogP) is 1.31. The Morgan fingerprint density at radius 1 is 1.22 bits per heavy atom. The first kappa shape index (κ1) is 15.8. The van der Waals surface area contributed by atoms with E-state index in [0.717, 1.165) is 30.8 Å². The molecule has 0 spiro atoms. The summed E-state index contributed by atoms with van der Waals surface area (Å²) in [6.07, 6.45) is 7.40. The van der Waals surface area contributed by atoms with Gasteiger partial charge in [0, 0.05) is 56.4 Å². The van der Waals surface area contributed by atoms with Crippen molar-refractivity contribution in [1.29, 1.82) is 0 Å². The van der Waals surface area contributed by atoms with Crippen LogP contribution in [0.4, 0.5) is 0 Å². The van der Waals surface area contributed by atoms with E-state index in [-0.39, 0.29) is 12.0 Å². The predicted molar refractivity (Wildman–Crippen MR) is 85.9 cm³/mol. The third kappa shape index (κ3) is 4.24. The third-order valence-corrected chi connectivity index (χ3v) is 4.07. The molecule has 1 N–H and O–H groups in total. The van der Waals surface area contributed by atoms with E-state index in [1.807, 2.05) is 25.3 Å². The van der Waals surface area contributed by atoms with E-state index >= 15 is 0 Å². The second-order valence-electron chi connectivity index (χ2n) is 5.86. The van der Waals surface area contributed by atoms with Crippen LogP contribution in [0.3, 0.4) is 0 Å². The summed E-state index contributed by atoms with van der Waals surface area (Å²) in [6.45, 7) is 4.88. The summed E-state index contributed by atoms with van der Waals surface area (Å²) in [5, 5.41) is 10.3. The lowest BCUT2D eigenvalue weighted by Crippen LogP contribution is -2.21. The van der Waals surface area contributed by atoms with Gasteiger partial charge in [-0.1, -0.05) is 6.07 Å². The van der Waals surface area contributed by atoms with Gasteiger partial charge in [-0.15, -0.1) is 0 Å². The molecule has 2 aromatic rings. The molecule has 0 amide bonds. The van der Waals surface area contributed by atoms with Crippen LogP contribution in [0.2, 0.25) is 0 Å². The molecule has 1 saturated heterocycles. The summed E-state index contributed by atoms with van der Waals surface area (Å²) < 4.78 is 5.35. The van der Waals surface area contributed by atoms with Gasteiger partial charge in [0.2, 0.25) is 5.88 Å². The fourth-order valence-electron chi connectivity index (χ4n) is 2.97. The number of rotatable bonds is 6. The molecule has 1 fully saturated rings. The highest BCUT2D eigenvalue weighted by Gasteiger charge is 2.31. The lowest BCUT2D eigenvalue weighted by Gasteiger charge is -2.15. The van der Waals surface area contributed by atoms with Gasteiger partial charge in [-0.05, 0) is 18.9 Å². The quantitative estimate of drug-likeness (QED) is 0.867. The highest BCUT2D eigenvalue weighted by Crippen LogP contribution is 2.22. The van der Waals surface area contributed by atoms with Crippen molar-refractivity contribution in [1.82, 2.24) is 19.9 Å². The van der Waals surface area contributed by atoms with Crippen LogP contribution in [-0.2, 0) is 13.0 Å². The maximum atomic E-state index is 10.3. The Balaban J connectivity index is 1.55. The van der Waals surface area contributed by atoms with Gasteiger partial charge < -0.3 is 9.84 Å². The van der Waals surface area contributed by atoms with E-state index in [0.29, 0.717) is 19.0 Å². The SMILES string of the molecule is CCOc1ccc(CN2C[C@@H](Cc3cnccn3)[C@H](O)C2)cn1. The lowest BCUT2D eigenvalue weighted by atomic mass is 10.0. The number of hydrogen-bond donors (Lipinski definition) is 1. The van der Waals surface area contributed by atoms with E-state index in [1.165, 1.54) is 0 Å². The number of β-amino-alcohol motifs (C(OH)–C–C–N with tert-alkyl or cyclic N) is 1. The second kappa shape index (κ2) is 7.48. The Morgan fingerprint density at radius 2 is 2.13 bits per heavy atom. The molecule has 0 aromatic carbocycles. The highest BCUT2D eigenvalue weighted by atomic mass is 16.5. The number of pyridine rings is 1. The molecule has 6 heteroatoms. The van der Waals surface area contributed by atoms with E-state index < -0.39 is 0 Å². The van der Waals surface area contributed by atoms with Crippen LogP contribution >= 0.6 is 0 Å². The molecule has 23 heavy (non-hydrogen) atoms. The zero-order chi connectivity index (χ0) is 16.1. The van der Waals surface area contributed by atoms with Crippen LogP contribution < -0.4 is 4.74 Å². The number of aliphatic hydroxyl groups is 1. The van der Waals surface area contributed by atoms with Gasteiger partial charge in [0.15, 0.2) is 0 Å². The summed E-state index contributed by atoms with van der Waals surface area (Å²) in [6, 6.07) is 3.92. The molecule has 0 bridgehead atoms. The van der Waals surface area contributed by atoms with E-state index in [2.05, 4.69) is 19.9 Å². The van der Waals surface area contributed by atoms with Crippen molar-refractivity contribution < 1.29 is 9.84 Å². The fraction of sp³-hybridized carbons (Fsp3) is 0.471. The molecule has 1 aliphatic heterocycles. The number of aliphatic hydroxyl groups excluding tert-OH is 1. The summed E-state index contributed by atoms with van der Waals surface area (Å²) in [5.41, 5.74) is 2.06. The Labute approximate surface area is 136 Å². The van der Waals surface area contributed by atoms with Gasteiger partial charge in [-0.25, -0.2) is 4.98 Å². The summed E-state index contributed by atoms with van der Waals surface area (Å²) in [7, 11) is 0. The second-order valence-corrected chi connectivity index (χ2v) is 5.86. The minimum Gasteiger partial charge on any atom is -0.478 e. The minimum absolute atomic E-state index is 0.197. The van der Waals surface area contributed by atoms with Crippen molar-refractivity contribution in [2.75, 3.05) is 19.7 Å². The van der Waals surface area contributed by atoms with Crippen LogP contribution in [0, 0.1) is 5.92 Å². The molecule has 0 unspecified atom stereocenters. The minimum atomic E-state index is -0.326. The van der Waals surface area contributed by atoms with Crippen molar-refractivity contribution in [2.45, 2.75) is 26.0 Å². The Bertz CT molecular complexity index is 606. The lowest BCUT2D eigenvalue weighted by molar-refractivity contribution is 0.140. The van der Waals surface area contributed by atoms with Crippen molar-refractivity contribution in [3.63, 3.8) is 0 Å². The topological polar surface area (TPSA) is 71.4 Å². The zero-order valence-electron chi connectivity index (χ0n) is 13.3. The molecule has 122 valence electrons. The molecule has 2 aromatic heterocycles. The van der Waals surface area contributed by atoms with Gasteiger partial charge in [-0.2, -0.15) is 0 Å². The van der Waals surface area contributed by atoms with Crippen molar-refractivity contribution >= 4 is 0 Å². The summed E-state index contributed by atoms with van der Waals surface area (Å²) in [5.74, 6) is 0.848. The zero-order valence-corrected chi connectivity index (χ0v) is 13.3. The molecule has 0 aliphatic carbocycles. The van der Waals surface area contributed by atoms with Gasteiger partial charge in [0.25, 0.3) is 0 Å². The molecule has 3 rings (SSSR count). The van der Waals surface area contributed by atoms with Gasteiger partial charge in [0.1, 0.15) is 0 Å². The van der Waals surface area contributed by atoms with Crippen LogP contribution in [-0.4, -0.2) is 50.8 Å². The van der Waals surface area contributed by atoms with Crippen LogP contribution in [0.15, 0.2) is 36.9 Å². The molecule has 1 aliphatic rings. The molecule has 0 saturated carbocycles. The molecule has 3 heterocycles. The van der Waals surface area contributed by atoms with E-state index in [9.17, 15) is 5.11 Å². The summed E-state index contributed by atoms with van der Waals surface area (Å²) in [4.78, 5) is 14.9. The highest BCUT2D eigenvalue weighted by molar-refractivity contribution is 5.18. The molecular formula is C17H22N4O2. The van der Waals surface area contributed by atoms with Crippen molar-refractivity contribution in [3.05, 3.63) is 48.2 Å². The number of likely N-dealkylation sites (tertiary alicyclic amines) is 1. The summed E-state index contributed by atoms with van der Waals surface area (Å²) >= 11 is 0. The number of ether oxygens (including phenoxy) is 1. The molecular weight excluding hydrogens is 292 g/mol. The average Bonchev–Trinajstić information content (AvgIpc) is 2.90. The Kier molecular flexibility index (Phi) is 5.15. The van der Waals surface area contributed by atoms with E-state index in [4.69, 9.17) is 4.74 Å². The first-order valence-electron chi connectivity index (χ1n) is 7.97. The average molecular weight is 314 g/mol. The first-order valence-corrected chi connectivity index (χ1v) is 7.97. The Hall–Kier alpha value is -2.05. The third-order valence-electron chi connectivity index (χ3n) is 4.07. The fourth-order valence-corrected chi connectivity index (χ4v) is 2.97. The van der Waals surface area contributed by atoms with Crippen LogP contribution in [0.1, 0.15) is 18.2 Å². The maximum Gasteiger partial charge on any atom is 0.213 e. The molecule has 2 atom stereocenters. The number of nitrogens with zero attached hydrogens (tertiary/aromatic N) is 4. The first-order chi connectivity index (χ1) is 11.2. The standard InChI is InChI=1S/C17H22N4O2/c1-2-23-17-4-3-13(8-20-17)10-21-11-14(16(22)12-21)7-15-9-18-5-6-19-15/h3-6,8-9,14,16,22H,2,7,10-12H2,1H3/t14-,16-/m1/s1. The smallest absolute Gasteiger partial charge is 0.213 e. The number of aromatic nitrogens is 3. The van der Waals surface area contributed by atoms with Crippen molar-refractivity contribution in [2.24, 2.45) is 5.92 Å². The normalized spacial score (nSPS) is 21.5. The largest absolute Gasteiger partial charge is 0.478 e. The number of hydrogen-bond acceptors (Lipinski definition) is 6. The van der Waals surface area contributed by atoms with Crippen LogP contribution in [0.5, 0.6) is 5.88 Å². The van der Waals surface area contributed by atoms with Gasteiger partial charge >= 0.3 is 0 Å².